The molecule has 1 aromatic heterocycles. The highest BCUT2D eigenvalue weighted by Gasteiger charge is 2.25. The molecule has 1 aliphatic heterocycles. The second-order valence-electron chi connectivity index (χ2n) is 3.91. The van der Waals surface area contributed by atoms with E-state index < -0.39 is 10.9 Å². The molecule has 1 aromatic carbocycles. The van der Waals surface area contributed by atoms with Gasteiger partial charge in [0.05, 0.1) is 15.9 Å². The Balaban J connectivity index is 2.01. The van der Waals surface area contributed by atoms with Crippen molar-refractivity contribution < 1.29 is 14.5 Å². The van der Waals surface area contributed by atoms with Crippen LogP contribution in [0.15, 0.2) is 35.7 Å². The van der Waals surface area contributed by atoms with Crippen LogP contribution < -0.4 is 0 Å². The van der Waals surface area contributed by atoms with Crippen LogP contribution in [0.4, 0.5) is 5.69 Å². The van der Waals surface area contributed by atoms with E-state index in [-0.39, 0.29) is 5.69 Å². The molecule has 3 rings (SSSR count). The Labute approximate surface area is 111 Å². The zero-order chi connectivity index (χ0) is 13.4. The quantitative estimate of drug-likeness (QED) is 0.478. The number of carbonyl (C=O) groups is 1. The van der Waals surface area contributed by atoms with E-state index in [0.717, 1.165) is 0 Å². The number of nitro groups is 1. The van der Waals surface area contributed by atoms with Gasteiger partial charge in [-0.25, -0.2) is 4.79 Å². The van der Waals surface area contributed by atoms with E-state index >= 15 is 0 Å². The molecule has 6 heteroatoms. The molecule has 0 amide bonds. The fourth-order valence-electron chi connectivity index (χ4n) is 1.84. The predicted octanol–water partition coefficient (Wildman–Crippen LogP) is 3.32. The zero-order valence-electron chi connectivity index (χ0n) is 9.53. The van der Waals surface area contributed by atoms with Gasteiger partial charge in [0.15, 0.2) is 0 Å². The van der Waals surface area contributed by atoms with Crippen molar-refractivity contribution in [1.82, 2.24) is 0 Å². The summed E-state index contributed by atoms with van der Waals surface area (Å²) in [6, 6.07) is 8.50. The van der Waals surface area contributed by atoms with Crippen LogP contribution in [-0.4, -0.2) is 10.9 Å². The van der Waals surface area contributed by atoms with E-state index in [4.69, 9.17) is 4.74 Å². The summed E-state index contributed by atoms with van der Waals surface area (Å²) in [7, 11) is 0. The van der Waals surface area contributed by atoms with Crippen LogP contribution in [0.5, 0.6) is 0 Å². The molecule has 0 aliphatic carbocycles. The van der Waals surface area contributed by atoms with Crippen LogP contribution in [-0.2, 0) is 4.74 Å². The van der Waals surface area contributed by atoms with Gasteiger partial charge in [0.1, 0.15) is 5.76 Å². The maximum absolute atomic E-state index is 11.6. The van der Waals surface area contributed by atoms with Crippen molar-refractivity contribution in [3.05, 3.63) is 61.8 Å². The first-order valence-corrected chi connectivity index (χ1v) is 6.29. The summed E-state index contributed by atoms with van der Waals surface area (Å²) < 4.78 is 5.16. The Morgan fingerprint density at radius 1 is 1.26 bits per heavy atom. The Bertz CT molecular complexity index is 717. The molecule has 1 aliphatic rings. The van der Waals surface area contributed by atoms with Crippen molar-refractivity contribution in [2.75, 3.05) is 0 Å². The number of esters is 1. The van der Waals surface area contributed by atoms with E-state index in [0.29, 0.717) is 21.8 Å². The van der Waals surface area contributed by atoms with Gasteiger partial charge in [-0.1, -0.05) is 18.2 Å². The molecule has 0 fully saturated rings. The summed E-state index contributed by atoms with van der Waals surface area (Å²) in [5.41, 5.74) is 1.26. The molecule has 0 unspecified atom stereocenters. The third-order valence-corrected chi connectivity index (χ3v) is 3.57. The van der Waals surface area contributed by atoms with E-state index in [1.54, 1.807) is 24.3 Å². The molecule has 0 saturated heterocycles. The third kappa shape index (κ3) is 2.02. The van der Waals surface area contributed by atoms with Gasteiger partial charge in [0.2, 0.25) is 0 Å². The lowest BCUT2D eigenvalue weighted by Crippen LogP contribution is -1.92. The van der Waals surface area contributed by atoms with Crippen molar-refractivity contribution >= 4 is 34.8 Å². The van der Waals surface area contributed by atoms with Crippen LogP contribution in [0.1, 0.15) is 20.8 Å². The molecule has 94 valence electrons. The highest BCUT2D eigenvalue weighted by atomic mass is 32.1. The van der Waals surface area contributed by atoms with Crippen LogP contribution >= 0.6 is 11.3 Å². The van der Waals surface area contributed by atoms with Gasteiger partial charge in [-0.05, 0) is 12.1 Å². The third-order valence-electron chi connectivity index (χ3n) is 2.71. The number of rotatable bonds is 2. The van der Waals surface area contributed by atoms with Gasteiger partial charge in [0, 0.05) is 16.5 Å². The molecule has 0 N–H and O–H groups in total. The summed E-state index contributed by atoms with van der Waals surface area (Å²) in [6.07, 6.45) is 1.64. The Hall–Kier alpha value is -2.47. The van der Waals surface area contributed by atoms with Crippen molar-refractivity contribution in [1.29, 1.82) is 0 Å². The van der Waals surface area contributed by atoms with Crippen molar-refractivity contribution in [2.24, 2.45) is 0 Å². The van der Waals surface area contributed by atoms with Gasteiger partial charge < -0.3 is 4.74 Å². The highest BCUT2D eigenvalue weighted by molar-refractivity contribution is 7.11. The monoisotopic (exact) mass is 273 g/mol. The smallest absolute Gasteiger partial charge is 0.344 e. The number of nitrogens with zero attached hydrogens (tertiary/aromatic N) is 1. The zero-order valence-corrected chi connectivity index (χ0v) is 10.3. The molecule has 0 spiro atoms. The molecule has 19 heavy (non-hydrogen) atoms. The molecule has 0 atom stereocenters. The molecule has 0 bridgehead atoms. The number of cyclic esters (lactones) is 1. The number of thiophene rings is 1. The number of hydrogen-bond donors (Lipinski definition) is 0. The molecule has 0 saturated carbocycles. The van der Waals surface area contributed by atoms with Crippen molar-refractivity contribution in [2.45, 2.75) is 0 Å². The van der Waals surface area contributed by atoms with E-state index in [1.807, 2.05) is 6.07 Å². The second-order valence-corrected chi connectivity index (χ2v) is 4.85. The molecular weight excluding hydrogens is 266 g/mol. The number of ether oxygens (including phenoxy) is 1. The standard InChI is InChI=1S/C13H7NO4S/c15-13-11-4-2-1-3-10(11)12(18-13)6-9-5-8(7-19-9)14(16)17/h1-7H/b12-6-. The summed E-state index contributed by atoms with van der Waals surface area (Å²) in [5.74, 6) is 0.0326. The highest BCUT2D eigenvalue weighted by Crippen LogP contribution is 2.33. The van der Waals surface area contributed by atoms with Gasteiger partial charge in [-0.2, -0.15) is 0 Å². The minimum Gasteiger partial charge on any atom is -0.422 e. The summed E-state index contributed by atoms with van der Waals surface area (Å²) in [5, 5.41) is 12.1. The van der Waals surface area contributed by atoms with Gasteiger partial charge in [0.25, 0.3) is 5.69 Å². The summed E-state index contributed by atoms with van der Waals surface area (Å²) >= 11 is 1.23. The number of carbonyl (C=O) groups excluding carboxylic acids is 1. The maximum Gasteiger partial charge on any atom is 0.344 e. The second kappa shape index (κ2) is 4.33. The number of fused-ring (bicyclic) bond motifs is 1. The average Bonchev–Trinajstić information content (AvgIpc) is 2.97. The first kappa shape index (κ1) is 11.6. The number of hydrogen-bond acceptors (Lipinski definition) is 5. The topological polar surface area (TPSA) is 69.4 Å². The van der Waals surface area contributed by atoms with Crippen LogP contribution in [0.3, 0.4) is 0 Å². The van der Waals surface area contributed by atoms with Gasteiger partial charge >= 0.3 is 5.97 Å². The molecule has 0 radical (unpaired) electrons. The largest absolute Gasteiger partial charge is 0.422 e. The SMILES string of the molecule is O=C1O/C(=C\c2cc([N+](=O)[O-])cs2)c2ccccc21. The minimum atomic E-state index is -0.451. The first-order chi connectivity index (χ1) is 9.15. The molecule has 5 nitrogen and oxygen atoms in total. The predicted molar refractivity (Wildman–Crippen MR) is 70.7 cm³/mol. The molecule has 2 heterocycles. The lowest BCUT2D eigenvalue weighted by molar-refractivity contribution is -0.384. The van der Waals surface area contributed by atoms with E-state index in [9.17, 15) is 14.9 Å². The van der Waals surface area contributed by atoms with Crippen molar-refractivity contribution in [3.63, 3.8) is 0 Å². The van der Waals surface area contributed by atoms with Gasteiger partial charge in [-0.15, -0.1) is 11.3 Å². The Morgan fingerprint density at radius 2 is 2.00 bits per heavy atom. The molecule has 2 aromatic rings. The minimum absolute atomic E-state index is 0.0365. The lowest BCUT2D eigenvalue weighted by Gasteiger charge is -1.96. The van der Waals surface area contributed by atoms with Crippen LogP contribution in [0, 0.1) is 10.1 Å². The summed E-state index contributed by atoms with van der Waals surface area (Å²) in [6.45, 7) is 0. The first-order valence-electron chi connectivity index (χ1n) is 5.41. The Morgan fingerprint density at radius 3 is 2.68 bits per heavy atom. The number of benzene rings is 1. The summed E-state index contributed by atoms with van der Waals surface area (Å²) in [4.78, 5) is 22.4. The average molecular weight is 273 g/mol. The van der Waals surface area contributed by atoms with Gasteiger partial charge in [-0.3, -0.25) is 10.1 Å². The lowest BCUT2D eigenvalue weighted by atomic mass is 10.1. The van der Waals surface area contributed by atoms with Crippen LogP contribution in [0.2, 0.25) is 0 Å². The van der Waals surface area contributed by atoms with Crippen LogP contribution in [0.25, 0.3) is 11.8 Å². The maximum atomic E-state index is 11.6. The van der Waals surface area contributed by atoms with Crippen molar-refractivity contribution in [3.8, 4) is 0 Å². The molecular formula is C13H7NO4S. The fourth-order valence-corrected chi connectivity index (χ4v) is 2.61. The van der Waals surface area contributed by atoms with E-state index in [2.05, 4.69) is 0 Å². The van der Waals surface area contributed by atoms with E-state index in [1.165, 1.54) is 22.8 Å². The Kier molecular flexibility index (Phi) is 2.64. The fraction of sp³-hybridized carbons (Fsp3) is 0. The normalized spacial score (nSPS) is 15.4.